The van der Waals surface area contributed by atoms with E-state index in [4.69, 9.17) is 15.4 Å². The van der Waals surface area contributed by atoms with Crippen LogP contribution in [0.2, 0.25) is 0 Å². The Morgan fingerprint density at radius 2 is 2.00 bits per heavy atom. The molecule has 1 rings (SSSR count). The summed E-state index contributed by atoms with van der Waals surface area (Å²) in [6.45, 7) is 5.13. The van der Waals surface area contributed by atoms with Crippen molar-refractivity contribution in [2.75, 3.05) is 6.61 Å². The molecule has 0 spiro atoms. The minimum absolute atomic E-state index is 0.121. The molecule has 7 heteroatoms. The summed E-state index contributed by atoms with van der Waals surface area (Å²) in [4.78, 5) is 11.2. The molecule has 0 radical (unpaired) electrons. The lowest BCUT2D eigenvalue weighted by molar-refractivity contribution is 0.0458. The second kappa shape index (κ2) is 5.88. The molecule has 106 valence electrons. The maximum atomic E-state index is 13.6. The number of hydrogen-bond donors (Lipinski definition) is 0. The Morgan fingerprint density at radius 1 is 1.42 bits per heavy atom. The van der Waals surface area contributed by atoms with Gasteiger partial charge in [0.15, 0.2) is 0 Å². The summed E-state index contributed by atoms with van der Waals surface area (Å²) < 4.78 is 41.1. The van der Waals surface area contributed by atoms with Crippen molar-refractivity contribution in [1.29, 1.82) is 0 Å². The molecule has 0 unspecified atom stereocenters. The van der Waals surface area contributed by atoms with Crippen LogP contribution >= 0.6 is 10.7 Å². The summed E-state index contributed by atoms with van der Waals surface area (Å²) in [6, 6.07) is 1.95. The number of hydrogen-bond acceptors (Lipinski definition) is 4. The zero-order chi connectivity index (χ0) is 14.8. The Kier molecular flexibility index (Phi) is 4.92. The standard InChI is InChI=1S/C12H14ClFO4S/c1-7(2)6-18-12(15)9-4-10(14)8(3)11(5-9)19(13,16)17/h4-5,7H,6H2,1-3H3. The van der Waals surface area contributed by atoms with Gasteiger partial charge in [-0.3, -0.25) is 0 Å². The molecule has 0 saturated carbocycles. The van der Waals surface area contributed by atoms with E-state index in [0.717, 1.165) is 12.1 Å². The lowest BCUT2D eigenvalue weighted by Crippen LogP contribution is -2.12. The van der Waals surface area contributed by atoms with Crippen molar-refractivity contribution in [2.45, 2.75) is 25.7 Å². The average molecular weight is 309 g/mol. The molecule has 4 nitrogen and oxygen atoms in total. The molecule has 0 saturated heterocycles. The first kappa shape index (κ1) is 15.9. The molecule has 0 amide bonds. The van der Waals surface area contributed by atoms with Crippen LogP contribution in [0.5, 0.6) is 0 Å². The van der Waals surface area contributed by atoms with Crippen molar-refractivity contribution in [3.05, 3.63) is 29.1 Å². The van der Waals surface area contributed by atoms with Crippen LogP contribution in [0.15, 0.2) is 17.0 Å². The Morgan fingerprint density at radius 3 is 2.47 bits per heavy atom. The van der Waals surface area contributed by atoms with Crippen LogP contribution < -0.4 is 0 Å². The van der Waals surface area contributed by atoms with E-state index in [1.807, 2.05) is 13.8 Å². The van der Waals surface area contributed by atoms with Crippen LogP contribution in [-0.4, -0.2) is 21.0 Å². The third kappa shape index (κ3) is 4.18. The molecule has 19 heavy (non-hydrogen) atoms. The highest BCUT2D eigenvalue weighted by Gasteiger charge is 2.20. The maximum Gasteiger partial charge on any atom is 0.338 e. The minimum Gasteiger partial charge on any atom is -0.462 e. The number of esters is 1. The van der Waals surface area contributed by atoms with Crippen LogP contribution in [0.25, 0.3) is 0 Å². The molecule has 0 N–H and O–H groups in total. The summed E-state index contributed by atoms with van der Waals surface area (Å²) in [5.74, 6) is -1.48. The van der Waals surface area contributed by atoms with Crippen molar-refractivity contribution in [3.63, 3.8) is 0 Å². The fourth-order valence-corrected chi connectivity index (χ4v) is 2.56. The normalized spacial score (nSPS) is 11.7. The first-order valence-corrected chi connectivity index (χ1v) is 7.85. The fourth-order valence-electron chi connectivity index (χ4n) is 1.35. The highest BCUT2D eigenvalue weighted by molar-refractivity contribution is 8.13. The average Bonchev–Trinajstić information content (AvgIpc) is 2.27. The van der Waals surface area contributed by atoms with Gasteiger partial charge in [0, 0.05) is 16.2 Å². The number of carbonyl (C=O) groups excluding carboxylic acids is 1. The van der Waals surface area contributed by atoms with E-state index in [9.17, 15) is 17.6 Å². The number of ether oxygens (including phenoxy) is 1. The first-order valence-electron chi connectivity index (χ1n) is 5.55. The van der Waals surface area contributed by atoms with Crippen molar-refractivity contribution in [3.8, 4) is 0 Å². The summed E-state index contributed by atoms with van der Waals surface area (Å²) in [7, 11) is 1.07. The molecule has 1 aromatic carbocycles. The largest absolute Gasteiger partial charge is 0.462 e. The molecular formula is C12H14ClFO4S. The molecule has 0 atom stereocenters. The zero-order valence-corrected chi connectivity index (χ0v) is 12.3. The van der Waals surface area contributed by atoms with Crippen LogP contribution in [0.4, 0.5) is 4.39 Å². The molecule has 0 aromatic heterocycles. The Hall–Kier alpha value is -1.14. The Bertz CT molecular complexity index is 596. The number of benzene rings is 1. The molecule has 1 aromatic rings. The van der Waals surface area contributed by atoms with E-state index in [1.165, 1.54) is 6.92 Å². The summed E-state index contributed by atoms with van der Waals surface area (Å²) in [5.41, 5.74) is -0.307. The zero-order valence-electron chi connectivity index (χ0n) is 10.7. The molecular weight excluding hydrogens is 295 g/mol. The lowest BCUT2D eigenvalue weighted by Gasteiger charge is -2.09. The summed E-state index contributed by atoms with van der Waals surface area (Å²) >= 11 is 0. The van der Waals surface area contributed by atoms with Gasteiger partial charge in [0.25, 0.3) is 9.05 Å². The van der Waals surface area contributed by atoms with Gasteiger partial charge in [-0.05, 0) is 25.0 Å². The van der Waals surface area contributed by atoms with Gasteiger partial charge in [-0.25, -0.2) is 17.6 Å². The topological polar surface area (TPSA) is 60.4 Å². The van der Waals surface area contributed by atoms with E-state index in [2.05, 4.69) is 0 Å². The smallest absolute Gasteiger partial charge is 0.338 e. The Labute approximate surface area is 115 Å². The molecule has 0 aliphatic rings. The predicted octanol–water partition coefficient (Wildman–Crippen LogP) is 2.87. The van der Waals surface area contributed by atoms with Crippen LogP contribution in [0.3, 0.4) is 0 Å². The maximum absolute atomic E-state index is 13.6. The van der Waals surface area contributed by atoms with Crippen LogP contribution in [-0.2, 0) is 13.8 Å². The van der Waals surface area contributed by atoms with Crippen molar-refractivity contribution < 1.29 is 22.3 Å². The number of rotatable bonds is 4. The van der Waals surface area contributed by atoms with Crippen molar-refractivity contribution >= 4 is 25.7 Å². The van der Waals surface area contributed by atoms with Gasteiger partial charge < -0.3 is 4.74 Å². The molecule has 0 fully saturated rings. The van der Waals surface area contributed by atoms with E-state index >= 15 is 0 Å². The van der Waals surface area contributed by atoms with Gasteiger partial charge in [0.2, 0.25) is 0 Å². The summed E-state index contributed by atoms with van der Waals surface area (Å²) in [5, 5.41) is 0. The molecule has 0 aliphatic carbocycles. The van der Waals surface area contributed by atoms with Gasteiger partial charge in [0.1, 0.15) is 5.82 Å². The third-order valence-corrected chi connectivity index (χ3v) is 3.79. The quantitative estimate of drug-likeness (QED) is 0.634. The van der Waals surface area contributed by atoms with E-state index < -0.39 is 25.7 Å². The second-order valence-corrected chi connectivity index (χ2v) is 7.05. The van der Waals surface area contributed by atoms with Crippen LogP contribution in [0, 0.1) is 18.7 Å². The molecule has 0 aliphatic heterocycles. The van der Waals surface area contributed by atoms with Gasteiger partial charge in [-0.15, -0.1) is 0 Å². The van der Waals surface area contributed by atoms with E-state index in [1.54, 1.807) is 0 Å². The molecule has 0 heterocycles. The van der Waals surface area contributed by atoms with Gasteiger partial charge in [0.05, 0.1) is 17.1 Å². The monoisotopic (exact) mass is 308 g/mol. The van der Waals surface area contributed by atoms with E-state index in [0.29, 0.717) is 0 Å². The van der Waals surface area contributed by atoms with Crippen molar-refractivity contribution in [1.82, 2.24) is 0 Å². The van der Waals surface area contributed by atoms with E-state index in [-0.39, 0.29) is 23.7 Å². The third-order valence-electron chi connectivity index (χ3n) is 2.34. The fraction of sp³-hybridized carbons (Fsp3) is 0.417. The number of halogens is 2. The van der Waals surface area contributed by atoms with Crippen molar-refractivity contribution in [2.24, 2.45) is 5.92 Å². The van der Waals surface area contributed by atoms with Gasteiger partial charge >= 0.3 is 5.97 Å². The SMILES string of the molecule is Cc1c(F)cc(C(=O)OCC(C)C)cc1S(=O)(=O)Cl. The summed E-state index contributed by atoms with van der Waals surface area (Å²) in [6.07, 6.45) is 0. The highest BCUT2D eigenvalue weighted by Crippen LogP contribution is 2.24. The number of carbonyl (C=O) groups is 1. The van der Waals surface area contributed by atoms with Crippen LogP contribution in [0.1, 0.15) is 29.8 Å². The highest BCUT2D eigenvalue weighted by atomic mass is 35.7. The second-order valence-electron chi connectivity index (χ2n) is 4.51. The first-order chi connectivity index (χ1) is 8.62. The van der Waals surface area contributed by atoms with Gasteiger partial charge in [-0.2, -0.15) is 0 Å². The lowest BCUT2D eigenvalue weighted by atomic mass is 10.1. The minimum atomic E-state index is -4.12. The molecule has 0 bridgehead atoms. The van der Waals surface area contributed by atoms with Gasteiger partial charge in [-0.1, -0.05) is 13.8 Å². The Balaban J connectivity index is 3.18. The predicted molar refractivity (Wildman–Crippen MR) is 69.3 cm³/mol.